The van der Waals surface area contributed by atoms with Crippen molar-refractivity contribution in [2.45, 2.75) is 20.3 Å². The second-order valence-corrected chi connectivity index (χ2v) is 5.33. The van der Waals surface area contributed by atoms with Crippen molar-refractivity contribution in [1.82, 2.24) is 10.3 Å². The van der Waals surface area contributed by atoms with Gasteiger partial charge >= 0.3 is 0 Å². The lowest BCUT2D eigenvalue weighted by Gasteiger charge is -2.07. The molecule has 0 aliphatic rings. The average molecular weight is 294 g/mol. The van der Waals surface area contributed by atoms with Gasteiger partial charge in [-0.1, -0.05) is 24.3 Å². The molecular weight excluding hydrogens is 276 g/mol. The maximum atomic E-state index is 12.1. The van der Waals surface area contributed by atoms with Crippen LogP contribution in [0.15, 0.2) is 47.0 Å². The zero-order valence-corrected chi connectivity index (χ0v) is 12.7. The van der Waals surface area contributed by atoms with Gasteiger partial charge in [-0.3, -0.25) is 9.78 Å². The van der Waals surface area contributed by atoms with Gasteiger partial charge < -0.3 is 9.73 Å². The smallest absolute Gasteiger partial charge is 0.254 e. The number of aromatic nitrogens is 1. The number of pyridine rings is 1. The first-order valence-corrected chi connectivity index (χ1v) is 7.33. The van der Waals surface area contributed by atoms with Crippen LogP contribution in [0.1, 0.15) is 27.4 Å². The van der Waals surface area contributed by atoms with E-state index in [1.165, 1.54) is 0 Å². The van der Waals surface area contributed by atoms with E-state index in [4.69, 9.17) is 4.42 Å². The first kappa shape index (κ1) is 14.3. The summed E-state index contributed by atoms with van der Waals surface area (Å²) < 4.78 is 5.39. The molecule has 1 amide bonds. The molecule has 0 fully saturated rings. The number of hydrogen-bond donors (Lipinski definition) is 1. The molecular formula is C18H18N2O2. The van der Waals surface area contributed by atoms with E-state index >= 15 is 0 Å². The second-order valence-electron chi connectivity index (χ2n) is 5.33. The molecule has 1 aromatic carbocycles. The molecule has 0 radical (unpaired) electrons. The quantitative estimate of drug-likeness (QED) is 0.802. The molecule has 112 valence electrons. The molecule has 4 heteroatoms. The van der Waals surface area contributed by atoms with E-state index in [0.717, 1.165) is 28.6 Å². The van der Waals surface area contributed by atoms with Gasteiger partial charge in [0.1, 0.15) is 11.5 Å². The molecule has 0 saturated heterocycles. The molecule has 0 atom stereocenters. The standard InChI is InChI=1S/C18H18N2O2/c1-12-11-16(13(2)22-12)18(21)20-10-8-15-6-3-5-14-7-4-9-19-17(14)15/h3-7,9,11H,8,10H2,1-2H3,(H,20,21). The summed E-state index contributed by atoms with van der Waals surface area (Å²) in [7, 11) is 0. The van der Waals surface area contributed by atoms with E-state index in [1.807, 2.05) is 31.2 Å². The Bertz CT molecular complexity index is 816. The fourth-order valence-corrected chi connectivity index (χ4v) is 2.63. The summed E-state index contributed by atoms with van der Waals surface area (Å²) in [5.41, 5.74) is 2.74. The maximum Gasteiger partial charge on any atom is 0.254 e. The predicted octanol–water partition coefficient (Wildman–Crippen LogP) is 3.42. The summed E-state index contributed by atoms with van der Waals surface area (Å²) >= 11 is 0. The number of carbonyl (C=O) groups is 1. The highest BCUT2D eigenvalue weighted by molar-refractivity contribution is 5.95. The minimum absolute atomic E-state index is 0.0949. The highest BCUT2D eigenvalue weighted by Gasteiger charge is 2.13. The molecule has 0 unspecified atom stereocenters. The van der Waals surface area contributed by atoms with E-state index in [1.54, 1.807) is 19.2 Å². The van der Waals surface area contributed by atoms with Gasteiger partial charge in [0.05, 0.1) is 11.1 Å². The minimum atomic E-state index is -0.0949. The van der Waals surface area contributed by atoms with Gasteiger partial charge in [-0.2, -0.15) is 0 Å². The van der Waals surface area contributed by atoms with Gasteiger partial charge in [-0.05, 0) is 38.0 Å². The number of para-hydroxylation sites is 1. The molecule has 0 aliphatic carbocycles. The third-order valence-corrected chi connectivity index (χ3v) is 3.68. The van der Waals surface area contributed by atoms with Crippen LogP contribution in [-0.2, 0) is 6.42 Å². The average Bonchev–Trinajstić information content (AvgIpc) is 2.86. The van der Waals surface area contributed by atoms with Gasteiger partial charge in [0.15, 0.2) is 0 Å². The van der Waals surface area contributed by atoms with Crippen LogP contribution < -0.4 is 5.32 Å². The summed E-state index contributed by atoms with van der Waals surface area (Å²) in [6.07, 6.45) is 2.54. The summed E-state index contributed by atoms with van der Waals surface area (Å²) in [4.78, 5) is 16.6. The lowest BCUT2D eigenvalue weighted by molar-refractivity contribution is 0.0952. The lowest BCUT2D eigenvalue weighted by Crippen LogP contribution is -2.25. The monoisotopic (exact) mass is 294 g/mol. The van der Waals surface area contributed by atoms with Crippen LogP contribution in [0.2, 0.25) is 0 Å². The number of hydrogen-bond acceptors (Lipinski definition) is 3. The zero-order chi connectivity index (χ0) is 15.5. The second kappa shape index (κ2) is 6.02. The van der Waals surface area contributed by atoms with Crippen molar-refractivity contribution < 1.29 is 9.21 Å². The molecule has 3 aromatic rings. The molecule has 2 heterocycles. The molecule has 0 bridgehead atoms. The summed E-state index contributed by atoms with van der Waals surface area (Å²) in [5, 5.41) is 4.06. The van der Waals surface area contributed by atoms with Crippen LogP contribution >= 0.6 is 0 Å². The zero-order valence-electron chi connectivity index (χ0n) is 12.7. The number of nitrogens with one attached hydrogen (secondary N) is 1. The predicted molar refractivity (Wildman–Crippen MR) is 86.0 cm³/mol. The largest absolute Gasteiger partial charge is 0.466 e. The fourth-order valence-electron chi connectivity index (χ4n) is 2.63. The van der Waals surface area contributed by atoms with Crippen LogP contribution in [-0.4, -0.2) is 17.4 Å². The van der Waals surface area contributed by atoms with Gasteiger partial charge in [0.25, 0.3) is 5.91 Å². The normalized spacial score (nSPS) is 10.8. The van der Waals surface area contributed by atoms with Gasteiger partial charge in [-0.25, -0.2) is 0 Å². The Balaban J connectivity index is 1.67. The Labute approximate surface area is 129 Å². The third kappa shape index (κ3) is 2.86. The van der Waals surface area contributed by atoms with Crippen molar-refractivity contribution >= 4 is 16.8 Å². The molecule has 4 nitrogen and oxygen atoms in total. The fraction of sp³-hybridized carbons (Fsp3) is 0.222. The Morgan fingerprint density at radius 1 is 1.23 bits per heavy atom. The lowest BCUT2D eigenvalue weighted by atomic mass is 10.1. The summed E-state index contributed by atoms with van der Waals surface area (Å²) in [6.45, 7) is 4.21. The highest BCUT2D eigenvalue weighted by atomic mass is 16.3. The number of furan rings is 1. The number of amides is 1. The van der Waals surface area contributed by atoms with Crippen molar-refractivity contribution in [3.63, 3.8) is 0 Å². The molecule has 1 N–H and O–H groups in total. The van der Waals surface area contributed by atoms with Gasteiger partial charge in [-0.15, -0.1) is 0 Å². The van der Waals surface area contributed by atoms with Gasteiger partial charge in [0.2, 0.25) is 0 Å². The summed E-state index contributed by atoms with van der Waals surface area (Å²) in [6, 6.07) is 11.9. The summed E-state index contributed by atoms with van der Waals surface area (Å²) in [5.74, 6) is 1.31. The SMILES string of the molecule is Cc1cc(C(=O)NCCc2cccc3cccnc23)c(C)o1. The first-order chi connectivity index (χ1) is 10.6. The topological polar surface area (TPSA) is 55.1 Å². The molecule has 3 rings (SSSR count). The molecule has 0 saturated carbocycles. The van der Waals surface area contributed by atoms with E-state index < -0.39 is 0 Å². The van der Waals surface area contributed by atoms with Crippen LogP contribution in [0.5, 0.6) is 0 Å². The van der Waals surface area contributed by atoms with Crippen molar-refractivity contribution in [3.05, 3.63) is 65.2 Å². The molecule has 22 heavy (non-hydrogen) atoms. The van der Waals surface area contributed by atoms with Crippen molar-refractivity contribution in [2.75, 3.05) is 6.54 Å². The highest BCUT2D eigenvalue weighted by Crippen LogP contribution is 2.16. The number of nitrogens with zero attached hydrogens (tertiary/aromatic N) is 1. The van der Waals surface area contributed by atoms with E-state index in [-0.39, 0.29) is 5.91 Å². The Kier molecular flexibility index (Phi) is 3.92. The Morgan fingerprint density at radius 2 is 2.05 bits per heavy atom. The van der Waals surface area contributed by atoms with E-state index in [0.29, 0.717) is 17.9 Å². The Morgan fingerprint density at radius 3 is 2.82 bits per heavy atom. The van der Waals surface area contributed by atoms with Crippen molar-refractivity contribution in [3.8, 4) is 0 Å². The maximum absolute atomic E-state index is 12.1. The van der Waals surface area contributed by atoms with Crippen LogP contribution in [0.4, 0.5) is 0 Å². The molecule has 2 aromatic heterocycles. The van der Waals surface area contributed by atoms with E-state index in [2.05, 4.69) is 16.4 Å². The third-order valence-electron chi connectivity index (χ3n) is 3.68. The Hall–Kier alpha value is -2.62. The number of rotatable bonds is 4. The molecule has 0 aliphatic heterocycles. The minimum Gasteiger partial charge on any atom is -0.466 e. The van der Waals surface area contributed by atoms with Crippen molar-refractivity contribution in [2.24, 2.45) is 0 Å². The number of benzene rings is 1. The van der Waals surface area contributed by atoms with E-state index in [9.17, 15) is 4.79 Å². The molecule has 0 spiro atoms. The number of fused-ring (bicyclic) bond motifs is 1. The first-order valence-electron chi connectivity index (χ1n) is 7.33. The van der Waals surface area contributed by atoms with Crippen LogP contribution in [0.3, 0.4) is 0 Å². The number of carbonyl (C=O) groups excluding carboxylic acids is 1. The van der Waals surface area contributed by atoms with Crippen LogP contribution in [0.25, 0.3) is 10.9 Å². The number of aryl methyl sites for hydroxylation is 2. The van der Waals surface area contributed by atoms with Crippen molar-refractivity contribution in [1.29, 1.82) is 0 Å². The van der Waals surface area contributed by atoms with Crippen LogP contribution in [0, 0.1) is 13.8 Å². The van der Waals surface area contributed by atoms with Gasteiger partial charge in [0, 0.05) is 18.1 Å².